The number of para-hydroxylation sites is 1. The molecule has 4 nitrogen and oxygen atoms in total. The monoisotopic (exact) mass is 287 g/mol. The van der Waals surface area contributed by atoms with E-state index in [9.17, 15) is 18.0 Å². The van der Waals surface area contributed by atoms with Gasteiger partial charge in [-0.15, -0.1) is 0 Å². The lowest BCUT2D eigenvalue weighted by Crippen LogP contribution is -2.41. The molecule has 0 unspecified atom stereocenters. The second kappa shape index (κ2) is 5.80. The minimum Gasteiger partial charge on any atom is -0.330 e. The first kappa shape index (κ1) is 14.8. The van der Waals surface area contributed by atoms with Crippen LogP contribution in [0.4, 0.5) is 18.9 Å². The zero-order valence-corrected chi connectivity index (χ0v) is 10.9. The summed E-state index contributed by atoms with van der Waals surface area (Å²) in [6.07, 6.45) is -3.65. The summed E-state index contributed by atoms with van der Waals surface area (Å²) in [7, 11) is 0. The molecule has 0 saturated carbocycles. The maximum Gasteiger partial charge on any atom is 0.418 e. The highest BCUT2D eigenvalue weighted by Gasteiger charge is 2.39. The molecule has 110 valence electrons. The van der Waals surface area contributed by atoms with Gasteiger partial charge >= 0.3 is 6.18 Å². The molecule has 0 aromatic heterocycles. The van der Waals surface area contributed by atoms with Crippen LogP contribution in [-0.4, -0.2) is 30.6 Å². The van der Waals surface area contributed by atoms with Crippen molar-refractivity contribution in [3.05, 3.63) is 29.8 Å². The molecule has 0 spiro atoms. The molecule has 7 heteroatoms. The number of halogens is 3. The number of carbonyl (C=O) groups excluding carboxylic acids is 1. The van der Waals surface area contributed by atoms with Gasteiger partial charge in [0, 0.05) is 19.5 Å². The standard InChI is InChI=1S/C13H16F3N3O/c14-13(15,16)10-4-1-2-5-11(10)19-12(20)6-9-18(19)8-3-7-17/h1-2,4-5H,3,6-9,17H2. The van der Waals surface area contributed by atoms with E-state index in [2.05, 4.69) is 0 Å². The van der Waals surface area contributed by atoms with Gasteiger partial charge in [-0.05, 0) is 25.1 Å². The number of carbonyl (C=O) groups is 1. The van der Waals surface area contributed by atoms with Gasteiger partial charge < -0.3 is 5.73 Å². The van der Waals surface area contributed by atoms with E-state index in [0.717, 1.165) is 11.1 Å². The fourth-order valence-electron chi connectivity index (χ4n) is 2.26. The smallest absolute Gasteiger partial charge is 0.330 e. The fraction of sp³-hybridized carbons (Fsp3) is 0.462. The summed E-state index contributed by atoms with van der Waals surface area (Å²) in [6, 6.07) is 5.12. The van der Waals surface area contributed by atoms with Crippen LogP contribution in [0, 0.1) is 0 Å². The molecule has 0 atom stereocenters. The van der Waals surface area contributed by atoms with Crippen molar-refractivity contribution in [3.8, 4) is 0 Å². The zero-order valence-electron chi connectivity index (χ0n) is 10.9. The second-order valence-corrected chi connectivity index (χ2v) is 4.57. The number of amides is 1. The van der Waals surface area contributed by atoms with Crippen molar-refractivity contribution in [1.82, 2.24) is 5.01 Å². The average Bonchev–Trinajstić information content (AvgIpc) is 2.76. The van der Waals surface area contributed by atoms with Gasteiger partial charge in [-0.1, -0.05) is 12.1 Å². The quantitative estimate of drug-likeness (QED) is 0.921. The number of rotatable bonds is 4. The van der Waals surface area contributed by atoms with E-state index in [1.165, 1.54) is 18.2 Å². The maximum absolute atomic E-state index is 13.0. The summed E-state index contributed by atoms with van der Waals surface area (Å²) in [6.45, 7) is 1.32. The first-order valence-electron chi connectivity index (χ1n) is 6.39. The van der Waals surface area contributed by atoms with Crippen LogP contribution in [0.15, 0.2) is 24.3 Å². The summed E-state index contributed by atoms with van der Waals surface area (Å²) < 4.78 is 39.1. The summed E-state index contributed by atoms with van der Waals surface area (Å²) in [4.78, 5) is 11.9. The molecule has 0 radical (unpaired) electrons. The highest BCUT2D eigenvalue weighted by atomic mass is 19.4. The van der Waals surface area contributed by atoms with Gasteiger partial charge in [0.25, 0.3) is 0 Å². The minimum atomic E-state index is -4.49. The van der Waals surface area contributed by atoms with Gasteiger partial charge in [-0.2, -0.15) is 13.2 Å². The van der Waals surface area contributed by atoms with Crippen LogP contribution in [0.5, 0.6) is 0 Å². The molecule has 20 heavy (non-hydrogen) atoms. The molecule has 1 aromatic carbocycles. The van der Waals surface area contributed by atoms with Gasteiger partial charge in [0.15, 0.2) is 0 Å². The predicted octanol–water partition coefficient (Wildman–Crippen LogP) is 2.01. The zero-order chi connectivity index (χ0) is 14.8. The van der Waals surface area contributed by atoms with Gasteiger partial charge in [0.2, 0.25) is 5.91 Å². The van der Waals surface area contributed by atoms with Crippen molar-refractivity contribution in [2.45, 2.75) is 19.0 Å². The predicted molar refractivity (Wildman–Crippen MR) is 68.8 cm³/mol. The lowest BCUT2D eigenvalue weighted by molar-refractivity contribution is -0.137. The number of anilines is 1. The minimum absolute atomic E-state index is 0.112. The van der Waals surface area contributed by atoms with Crippen LogP contribution in [0.25, 0.3) is 0 Å². The molecule has 1 amide bonds. The number of hydrazine groups is 1. The van der Waals surface area contributed by atoms with Gasteiger partial charge in [0.05, 0.1) is 11.3 Å². The van der Waals surface area contributed by atoms with E-state index in [0.29, 0.717) is 26.1 Å². The van der Waals surface area contributed by atoms with E-state index in [1.54, 1.807) is 5.01 Å². The average molecular weight is 287 g/mol. The maximum atomic E-state index is 13.0. The fourth-order valence-corrected chi connectivity index (χ4v) is 2.26. The number of nitrogens with two attached hydrogens (primary N) is 1. The Labute approximate surface area is 114 Å². The van der Waals surface area contributed by atoms with Crippen molar-refractivity contribution in [3.63, 3.8) is 0 Å². The van der Waals surface area contributed by atoms with Crippen LogP contribution >= 0.6 is 0 Å². The number of nitrogens with zero attached hydrogens (tertiary/aromatic N) is 2. The third kappa shape index (κ3) is 2.94. The number of alkyl halides is 3. The van der Waals surface area contributed by atoms with Crippen molar-refractivity contribution in [2.24, 2.45) is 5.73 Å². The second-order valence-electron chi connectivity index (χ2n) is 4.57. The molecule has 1 aliphatic heterocycles. The topological polar surface area (TPSA) is 49.6 Å². The summed E-state index contributed by atoms with van der Waals surface area (Å²) in [5.41, 5.74) is 4.50. The third-order valence-electron chi connectivity index (χ3n) is 3.16. The molecule has 1 saturated heterocycles. The molecular formula is C13H16F3N3O. The van der Waals surface area contributed by atoms with Crippen molar-refractivity contribution >= 4 is 11.6 Å². The van der Waals surface area contributed by atoms with Crippen LogP contribution in [-0.2, 0) is 11.0 Å². The SMILES string of the molecule is NCCCN1CCC(=O)N1c1ccccc1C(F)(F)F. The van der Waals surface area contributed by atoms with Crippen molar-refractivity contribution in [1.29, 1.82) is 0 Å². The molecule has 1 aliphatic rings. The van der Waals surface area contributed by atoms with Gasteiger partial charge in [-0.25, -0.2) is 10.0 Å². The largest absolute Gasteiger partial charge is 0.418 e. The highest BCUT2D eigenvalue weighted by molar-refractivity contribution is 5.95. The van der Waals surface area contributed by atoms with E-state index < -0.39 is 11.7 Å². The van der Waals surface area contributed by atoms with Crippen LogP contribution in [0.2, 0.25) is 0 Å². The van der Waals surface area contributed by atoms with E-state index in [4.69, 9.17) is 5.73 Å². The van der Waals surface area contributed by atoms with Gasteiger partial charge in [0.1, 0.15) is 0 Å². The third-order valence-corrected chi connectivity index (χ3v) is 3.16. The van der Waals surface area contributed by atoms with Crippen LogP contribution in [0.1, 0.15) is 18.4 Å². The summed E-state index contributed by atoms with van der Waals surface area (Å²) >= 11 is 0. The molecule has 2 N–H and O–H groups in total. The molecule has 1 heterocycles. The van der Waals surface area contributed by atoms with E-state index >= 15 is 0 Å². The Morgan fingerprint density at radius 1 is 1.25 bits per heavy atom. The van der Waals surface area contributed by atoms with Gasteiger partial charge in [-0.3, -0.25) is 4.79 Å². The highest BCUT2D eigenvalue weighted by Crippen LogP contribution is 2.38. The molecular weight excluding hydrogens is 271 g/mol. The molecule has 0 bridgehead atoms. The number of hydrogen-bond acceptors (Lipinski definition) is 3. The molecule has 0 aliphatic carbocycles. The van der Waals surface area contributed by atoms with Crippen LogP contribution in [0.3, 0.4) is 0 Å². The Hall–Kier alpha value is -1.60. The van der Waals surface area contributed by atoms with E-state index in [1.807, 2.05) is 0 Å². The summed E-state index contributed by atoms with van der Waals surface area (Å²) in [5, 5.41) is 2.76. The Balaban J connectivity index is 2.36. The molecule has 1 aromatic rings. The number of hydrogen-bond donors (Lipinski definition) is 1. The number of benzene rings is 1. The first-order chi connectivity index (χ1) is 9.45. The lowest BCUT2D eigenvalue weighted by atomic mass is 10.1. The Kier molecular flexibility index (Phi) is 4.29. The van der Waals surface area contributed by atoms with Crippen molar-refractivity contribution in [2.75, 3.05) is 24.6 Å². The molecule has 1 fully saturated rings. The van der Waals surface area contributed by atoms with E-state index in [-0.39, 0.29) is 18.0 Å². The Morgan fingerprint density at radius 3 is 2.60 bits per heavy atom. The summed E-state index contributed by atoms with van der Waals surface area (Å²) in [5.74, 6) is -0.321. The van der Waals surface area contributed by atoms with Crippen LogP contribution < -0.4 is 10.7 Å². The van der Waals surface area contributed by atoms with Crippen molar-refractivity contribution < 1.29 is 18.0 Å². The first-order valence-corrected chi connectivity index (χ1v) is 6.39. The Morgan fingerprint density at radius 2 is 1.95 bits per heavy atom. The Bertz CT molecular complexity index is 490. The normalized spacial score (nSPS) is 17.0. The molecule has 2 rings (SSSR count). The lowest BCUT2D eigenvalue weighted by Gasteiger charge is -2.29.